The van der Waals surface area contributed by atoms with Gasteiger partial charge < -0.3 is 4.74 Å². The Morgan fingerprint density at radius 2 is 1.89 bits per heavy atom. The van der Waals surface area contributed by atoms with Crippen molar-refractivity contribution >= 4 is 23.5 Å². The van der Waals surface area contributed by atoms with Crippen molar-refractivity contribution in [2.75, 3.05) is 0 Å². The van der Waals surface area contributed by atoms with Crippen molar-refractivity contribution in [3.63, 3.8) is 0 Å². The average molecular weight is 257 g/mol. The number of carbonyl (C=O) groups excluding carboxylic acids is 1. The number of allylic oxidation sites excluding steroid dienone is 1. The minimum absolute atomic E-state index is 0.0921. The van der Waals surface area contributed by atoms with Crippen LogP contribution in [0.5, 0.6) is 5.75 Å². The summed E-state index contributed by atoms with van der Waals surface area (Å²) in [6.07, 6.45) is 1.70. The van der Waals surface area contributed by atoms with Gasteiger partial charge in [-0.3, -0.25) is 4.79 Å². The lowest BCUT2D eigenvalue weighted by Gasteiger charge is -1.98. The van der Waals surface area contributed by atoms with E-state index < -0.39 is 0 Å². The second-order valence-corrected chi connectivity index (χ2v) is 4.43. The molecule has 0 radical (unpaired) electrons. The van der Waals surface area contributed by atoms with Crippen LogP contribution in [0, 0.1) is 0 Å². The molecular formula is C15H9ClO2. The molecular weight excluding hydrogens is 248 g/mol. The zero-order valence-corrected chi connectivity index (χ0v) is 10.1. The van der Waals surface area contributed by atoms with Gasteiger partial charge in [0, 0.05) is 5.02 Å². The van der Waals surface area contributed by atoms with Gasteiger partial charge in [0.1, 0.15) is 5.75 Å². The summed E-state index contributed by atoms with van der Waals surface area (Å²) in [5.41, 5.74) is 1.45. The Labute approximate surface area is 109 Å². The number of carbonyl (C=O) groups is 1. The minimum Gasteiger partial charge on any atom is -0.452 e. The lowest BCUT2D eigenvalue weighted by Crippen LogP contribution is -1.97. The maximum absolute atomic E-state index is 12.1. The van der Waals surface area contributed by atoms with E-state index in [1.807, 2.05) is 24.3 Å². The van der Waals surface area contributed by atoms with Crippen LogP contribution in [0.1, 0.15) is 15.9 Å². The topological polar surface area (TPSA) is 26.3 Å². The van der Waals surface area contributed by atoms with Gasteiger partial charge in [0.05, 0.1) is 5.56 Å². The van der Waals surface area contributed by atoms with E-state index in [9.17, 15) is 4.79 Å². The van der Waals surface area contributed by atoms with E-state index in [4.69, 9.17) is 16.3 Å². The number of fused-ring (bicyclic) bond motifs is 1. The summed E-state index contributed by atoms with van der Waals surface area (Å²) in [7, 11) is 0. The summed E-state index contributed by atoms with van der Waals surface area (Å²) < 4.78 is 5.53. The van der Waals surface area contributed by atoms with Crippen molar-refractivity contribution in [3.8, 4) is 5.75 Å². The Bertz CT molecular complexity index is 659. The molecule has 1 heterocycles. The zero-order chi connectivity index (χ0) is 12.5. The van der Waals surface area contributed by atoms with Gasteiger partial charge in [-0.2, -0.15) is 0 Å². The fourth-order valence-electron chi connectivity index (χ4n) is 1.88. The van der Waals surface area contributed by atoms with Gasteiger partial charge in [-0.1, -0.05) is 35.9 Å². The van der Waals surface area contributed by atoms with E-state index >= 15 is 0 Å². The molecule has 0 atom stereocenters. The first-order valence-electron chi connectivity index (χ1n) is 5.53. The van der Waals surface area contributed by atoms with Crippen molar-refractivity contribution < 1.29 is 9.53 Å². The molecule has 0 aromatic heterocycles. The number of halogens is 1. The third-order valence-corrected chi connectivity index (χ3v) is 2.96. The molecule has 18 heavy (non-hydrogen) atoms. The molecule has 0 saturated carbocycles. The number of hydrogen-bond donors (Lipinski definition) is 0. The van der Waals surface area contributed by atoms with Crippen molar-refractivity contribution in [1.29, 1.82) is 0 Å². The molecule has 88 valence electrons. The van der Waals surface area contributed by atoms with Crippen LogP contribution in [0.15, 0.2) is 54.3 Å². The van der Waals surface area contributed by atoms with Crippen molar-refractivity contribution in [2.45, 2.75) is 0 Å². The highest BCUT2D eigenvalue weighted by molar-refractivity contribution is 6.30. The van der Waals surface area contributed by atoms with Crippen LogP contribution in [0.2, 0.25) is 5.02 Å². The van der Waals surface area contributed by atoms with Crippen LogP contribution in [0.3, 0.4) is 0 Å². The zero-order valence-electron chi connectivity index (χ0n) is 9.39. The number of ether oxygens (including phenoxy) is 1. The van der Waals surface area contributed by atoms with Gasteiger partial charge in [0.15, 0.2) is 5.76 Å². The molecule has 0 amide bonds. The van der Waals surface area contributed by atoms with Gasteiger partial charge in [-0.05, 0) is 35.9 Å². The largest absolute Gasteiger partial charge is 0.452 e. The first-order chi connectivity index (χ1) is 8.74. The Hall–Kier alpha value is -2.06. The monoisotopic (exact) mass is 256 g/mol. The van der Waals surface area contributed by atoms with Gasteiger partial charge in [0.2, 0.25) is 5.78 Å². The quantitative estimate of drug-likeness (QED) is 0.722. The van der Waals surface area contributed by atoms with Crippen LogP contribution in [-0.2, 0) is 0 Å². The van der Waals surface area contributed by atoms with Gasteiger partial charge in [-0.25, -0.2) is 0 Å². The highest BCUT2D eigenvalue weighted by atomic mass is 35.5. The number of hydrogen-bond acceptors (Lipinski definition) is 2. The first-order valence-corrected chi connectivity index (χ1v) is 5.91. The van der Waals surface area contributed by atoms with Gasteiger partial charge in [0.25, 0.3) is 0 Å². The van der Waals surface area contributed by atoms with Crippen molar-refractivity contribution in [3.05, 3.63) is 70.4 Å². The van der Waals surface area contributed by atoms with Crippen LogP contribution < -0.4 is 4.74 Å². The highest BCUT2D eigenvalue weighted by Gasteiger charge is 2.26. The number of para-hydroxylation sites is 1. The molecule has 3 heteroatoms. The Kier molecular flexibility index (Phi) is 2.65. The molecule has 3 rings (SSSR count). The fraction of sp³-hybridized carbons (Fsp3) is 0. The summed E-state index contributed by atoms with van der Waals surface area (Å²) in [6.45, 7) is 0. The SMILES string of the molecule is O=C1C(=Cc2cccc(Cl)c2)Oc2ccccc21. The van der Waals surface area contributed by atoms with E-state index in [0.29, 0.717) is 22.1 Å². The predicted molar refractivity (Wildman–Crippen MR) is 70.8 cm³/mol. The maximum Gasteiger partial charge on any atom is 0.231 e. The summed E-state index contributed by atoms with van der Waals surface area (Å²) in [5, 5.41) is 0.632. The van der Waals surface area contributed by atoms with E-state index in [0.717, 1.165) is 5.56 Å². The fourth-order valence-corrected chi connectivity index (χ4v) is 2.08. The number of rotatable bonds is 1. The summed E-state index contributed by atoms with van der Waals surface area (Å²) in [5.74, 6) is 0.847. The molecule has 1 aliphatic rings. The van der Waals surface area contributed by atoms with Crippen LogP contribution in [0.4, 0.5) is 0 Å². The Balaban J connectivity index is 1.99. The van der Waals surface area contributed by atoms with Crippen LogP contribution in [-0.4, -0.2) is 5.78 Å². The average Bonchev–Trinajstić information content (AvgIpc) is 2.67. The molecule has 0 spiro atoms. The second kappa shape index (κ2) is 4.31. The second-order valence-electron chi connectivity index (χ2n) is 3.99. The number of benzene rings is 2. The first kappa shape index (κ1) is 11.1. The lowest BCUT2D eigenvalue weighted by molar-refractivity contribution is 0.101. The normalized spacial score (nSPS) is 15.6. The number of Topliss-reactive ketones (excluding diaryl/α,β-unsaturated/α-hetero) is 1. The van der Waals surface area contributed by atoms with E-state index in [-0.39, 0.29) is 5.78 Å². The van der Waals surface area contributed by atoms with Gasteiger partial charge >= 0.3 is 0 Å². The van der Waals surface area contributed by atoms with Gasteiger partial charge in [-0.15, -0.1) is 0 Å². The molecule has 0 bridgehead atoms. The molecule has 0 saturated heterocycles. The molecule has 0 unspecified atom stereocenters. The molecule has 0 fully saturated rings. The molecule has 1 aliphatic heterocycles. The third kappa shape index (κ3) is 1.91. The molecule has 0 aliphatic carbocycles. The number of ketones is 1. The van der Waals surface area contributed by atoms with Crippen LogP contribution in [0.25, 0.3) is 6.08 Å². The summed E-state index contributed by atoms with van der Waals surface area (Å²) >= 11 is 5.90. The summed E-state index contributed by atoms with van der Waals surface area (Å²) in [6, 6.07) is 14.5. The Morgan fingerprint density at radius 3 is 2.67 bits per heavy atom. The Morgan fingerprint density at radius 1 is 1.06 bits per heavy atom. The molecule has 2 aromatic rings. The molecule has 0 N–H and O–H groups in total. The highest BCUT2D eigenvalue weighted by Crippen LogP contribution is 2.31. The molecule has 2 aromatic carbocycles. The predicted octanol–water partition coefficient (Wildman–Crippen LogP) is 3.96. The van der Waals surface area contributed by atoms with Crippen LogP contribution >= 0.6 is 11.6 Å². The van der Waals surface area contributed by atoms with E-state index in [1.54, 1.807) is 30.3 Å². The molecule has 2 nitrogen and oxygen atoms in total. The lowest BCUT2D eigenvalue weighted by atomic mass is 10.1. The van der Waals surface area contributed by atoms with Crippen molar-refractivity contribution in [2.24, 2.45) is 0 Å². The third-order valence-electron chi connectivity index (χ3n) is 2.72. The summed E-state index contributed by atoms with van der Waals surface area (Å²) in [4.78, 5) is 12.1. The minimum atomic E-state index is -0.0921. The smallest absolute Gasteiger partial charge is 0.231 e. The standard InChI is InChI=1S/C15H9ClO2/c16-11-5-3-4-10(8-11)9-14-15(17)12-6-1-2-7-13(12)18-14/h1-9H. The maximum atomic E-state index is 12.1. The van der Waals surface area contributed by atoms with Crippen molar-refractivity contribution in [1.82, 2.24) is 0 Å². The van der Waals surface area contributed by atoms with E-state index in [2.05, 4.69) is 0 Å². The van der Waals surface area contributed by atoms with E-state index in [1.165, 1.54) is 0 Å².